The summed E-state index contributed by atoms with van der Waals surface area (Å²) in [4.78, 5) is 19.0. The molecule has 1 unspecified atom stereocenters. The summed E-state index contributed by atoms with van der Waals surface area (Å²) in [5, 5.41) is 6.99. The number of likely N-dealkylation sites (tertiary alicyclic amines) is 1. The minimum absolute atomic E-state index is 0.0325. The molecule has 0 bridgehead atoms. The van der Waals surface area contributed by atoms with Crippen molar-refractivity contribution in [2.24, 2.45) is 5.92 Å². The van der Waals surface area contributed by atoms with Crippen LogP contribution in [0.4, 0.5) is 0 Å². The molecular weight excluding hydrogens is 280 g/mol. The summed E-state index contributed by atoms with van der Waals surface area (Å²) in [6.07, 6.45) is 1.04. The van der Waals surface area contributed by atoms with Gasteiger partial charge in [-0.05, 0) is 45.0 Å². The SMILES string of the molecule is CNCC1CCN(C(=O)c2ccccc2-c2nc(C)no2)C1. The molecule has 3 rings (SSSR count). The standard InChI is InChI=1S/C16H20N4O2/c1-11-18-15(22-19-11)13-5-3-4-6-14(13)16(21)20-8-7-12(10-20)9-17-2/h3-6,12,17H,7-10H2,1-2H3. The van der Waals surface area contributed by atoms with Crippen molar-refractivity contribution in [1.29, 1.82) is 0 Å². The molecule has 6 heteroatoms. The fourth-order valence-electron chi connectivity index (χ4n) is 2.91. The normalized spacial score (nSPS) is 17.9. The second kappa shape index (κ2) is 6.27. The lowest BCUT2D eigenvalue weighted by Crippen LogP contribution is -2.30. The lowest BCUT2D eigenvalue weighted by molar-refractivity contribution is 0.0787. The summed E-state index contributed by atoms with van der Waals surface area (Å²) < 4.78 is 5.22. The third kappa shape index (κ3) is 2.87. The lowest BCUT2D eigenvalue weighted by atomic mass is 10.1. The summed E-state index contributed by atoms with van der Waals surface area (Å²) in [5.74, 6) is 1.51. The summed E-state index contributed by atoms with van der Waals surface area (Å²) >= 11 is 0. The van der Waals surface area contributed by atoms with Crippen LogP contribution >= 0.6 is 0 Å². The van der Waals surface area contributed by atoms with Gasteiger partial charge in [-0.25, -0.2) is 0 Å². The van der Waals surface area contributed by atoms with Crippen LogP contribution in [0.3, 0.4) is 0 Å². The van der Waals surface area contributed by atoms with Crippen LogP contribution < -0.4 is 5.32 Å². The minimum Gasteiger partial charge on any atom is -0.338 e. The molecular formula is C16H20N4O2. The summed E-state index contributed by atoms with van der Waals surface area (Å²) in [7, 11) is 1.94. The molecule has 0 radical (unpaired) electrons. The van der Waals surface area contributed by atoms with E-state index < -0.39 is 0 Å². The van der Waals surface area contributed by atoms with Crippen molar-refractivity contribution in [2.75, 3.05) is 26.7 Å². The Morgan fingerprint density at radius 1 is 1.45 bits per heavy atom. The number of carbonyl (C=O) groups excluding carboxylic acids is 1. The first-order chi connectivity index (χ1) is 10.7. The Hall–Kier alpha value is -2.21. The van der Waals surface area contributed by atoms with Gasteiger partial charge in [-0.2, -0.15) is 4.98 Å². The number of aromatic nitrogens is 2. The van der Waals surface area contributed by atoms with Crippen LogP contribution in [0.25, 0.3) is 11.5 Å². The Balaban J connectivity index is 1.84. The first-order valence-electron chi connectivity index (χ1n) is 7.52. The zero-order chi connectivity index (χ0) is 15.5. The van der Waals surface area contributed by atoms with Crippen LogP contribution in [0.15, 0.2) is 28.8 Å². The van der Waals surface area contributed by atoms with Gasteiger partial charge < -0.3 is 14.7 Å². The van der Waals surface area contributed by atoms with E-state index in [1.807, 2.05) is 36.2 Å². The highest BCUT2D eigenvalue weighted by molar-refractivity contribution is 6.00. The third-order valence-electron chi connectivity index (χ3n) is 3.98. The Labute approximate surface area is 129 Å². The van der Waals surface area contributed by atoms with E-state index in [2.05, 4.69) is 15.5 Å². The maximum atomic E-state index is 12.8. The van der Waals surface area contributed by atoms with Gasteiger partial charge in [0.05, 0.1) is 11.1 Å². The number of rotatable bonds is 4. The number of amides is 1. The van der Waals surface area contributed by atoms with Gasteiger partial charge in [0.15, 0.2) is 5.82 Å². The highest BCUT2D eigenvalue weighted by atomic mass is 16.5. The zero-order valence-electron chi connectivity index (χ0n) is 12.9. The predicted molar refractivity (Wildman–Crippen MR) is 82.4 cm³/mol. The van der Waals surface area contributed by atoms with E-state index in [0.717, 1.165) is 26.1 Å². The molecule has 1 saturated heterocycles. The van der Waals surface area contributed by atoms with Crippen molar-refractivity contribution in [2.45, 2.75) is 13.3 Å². The highest BCUT2D eigenvalue weighted by Gasteiger charge is 2.28. The molecule has 22 heavy (non-hydrogen) atoms. The van der Waals surface area contributed by atoms with Crippen molar-refractivity contribution >= 4 is 5.91 Å². The largest absolute Gasteiger partial charge is 0.338 e. The topological polar surface area (TPSA) is 71.3 Å². The molecule has 0 aliphatic carbocycles. The third-order valence-corrected chi connectivity index (χ3v) is 3.98. The fourth-order valence-corrected chi connectivity index (χ4v) is 2.91. The van der Waals surface area contributed by atoms with E-state index in [1.54, 1.807) is 6.92 Å². The van der Waals surface area contributed by atoms with Gasteiger partial charge in [0.2, 0.25) is 0 Å². The number of aryl methyl sites for hydroxylation is 1. The Kier molecular flexibility index (Phi) is 4.20. The van der Waals surface area contributed by atoms with Gasteiger partial charge >= 0.3 is 0 Å². The molecule has 1 aliphatic rings. The molecule has 0 spiro atoms. The second-order valence-corrected chi connectivity index (χ2v) is 5.66. The van der Waals surface area contributed by atoms with Gasteiger partial charge in [-0.15, -0.1) is 0 Å². The number of carbonyl (C=O) groups is 1. The van der Waals surface area contributed by atoms with Crippen LogP contribution in [0.1, 0.15) is 22.6 Å². The number of hydrogen-bond donors (Lipinski definition) is 1. The number of nitrogens with zero attached hydrogens (tertiary/aromatic N) is 3. The van der Waals surface area contributed by atoms with Crippen LogP contribution in [0.5, 0.6) is 0 Å². The first kappa shape index (κ1) is 14.7. The molecule has 1 fully saturated rings. The maximum absolute atomic E-state index is 12.8. The first-order valence-corrected chi connectivity index (χ1v) is 7.52. The van der Waals surface area contributed by atoms with Crippen LogP contribution in [0, 0.1) is 12.8 Å². The molecule has 1 aliphatic heterocycles. The molecule has 2 aromatic rings. The number of nitrogens with one attached hydrogen (secondary N) is 1. The Morgan fingerprint density at radius 2 is 2.27 bits per heavy atom. The van der Waals surface area contributed by atoms with E-state index in [-0.39, 0.29) is 5.91 Å². The second-order valence-electron chi connectivity index (χ2n) is 5.66. The van der Waals surface area contributed by atoms with Crippen molar-refractivity contribution < 1.29 is 9.32 Å². The predicted octanol–water partition coefficient (Wildman–Crippen LogP) is 1.73. The van der Waals surface area contributed by atoms with Gasteiger partial charge in [-0.1, -0.05) is 17.3 Å². The number of hydrogen-bond acceptors (Lipinski definition) is 5. The molecule has 0 saturated carbocycles. The molecule has 2 heterocycles. The summed E-state index contributed by atoms with van der Waals surface area (Å²) in [6, 6.07) is 7.41. The zero-order valence-corrected chi connectivity index (χ0v) is 12.9. The maximum Gasteiger partial charge on any atom is 0.258 e. The molecule has 1 aromatic carbocycles. The Morgan fingerprint density at radius 3 is 3.00 bits per heavy atom. The van der Waals surface area contributed by atoms with Gasteiger partial charge in [0, 0.05) is 13.1 Å². The van der Waals surface area contributed by atoms with Gasteiger partial charge in [0.25, 0.3) is 11.8 Å². The van der Waals surface area contributed by atoms with Crippen molar-refractivity contribution in [3.05, 3.63) is 35.7 Å². The molecule has 116 valence electrons. The van der Waals surface area contributed by atoms with E-state index in [0.29, 0.717) is 28.8 Å². The van der Waals surface area contributed by atoms with Crippen molar-refractivity contribution in [3.8, 4) is 11.5 Å². The smallest absolute Gasteiger partial charge is 0.258 e. The van der Waals surface area contributed by atoms with Crippen LogP contribution in [0.2, 0.25) is 0 Å². The average molecular weight is 300 g/mol. The molecule has 1 N–H and O–H groups in total. The van der Waals surface area contributed by atoms with E-state index in [1.165, 1.54) is 0 Å². The van der Waals surface area contributed by atoms with Gasteiger partial charge in [0.1, 0.15) is 0 Å². The van der Waals surface area contributed by atoms with Gasteiger partial charge in [-0.3, -0.25) is 4.79 Å². The van der Waals surface area contributed by atoms with E-state index >= 15 is 0 Å². The van der Waals surface area contributed by atoms with E-state index in [4.69, 9.17) is 4.52 Å². The fraction of sp³-hybridized carbons (Fsp3) is 0.438. The Bertz CT molecular complexity index is 668. The summed E-state index contributed by atoms with van der Waals surface area (Å²) in [5.41, 5.74) is 1.32. The highest BCUT2D eigenvalue weighted by Crippen LogP contribution is 2.25. The molecule has 1 atom stereocenters. The lowest BCUT2D eigenvalue weighted by Gasteiger charge is -2.17. The van der Waals surface area contributed by atoms with E-state index in [9.17, 15) is 4.79 Å². The summed E-state index contributed by atoms with van der Waals surface area (Å²) in [6.45, 7) is 4.29. The van der Waals surface area contributed by atoms with Crippen LogP contribution in [-0.2, 0) is 0 Å². The van der Waals surface area contributed by atoms with Crippen molar-refractivity contribution in [3.63, 3.8) is 0 Å². The van der Waals surface area contributed by atoms with Crippen LogP contribution in [-0.4, -0.2) is 47.6 Å². The molecule has 1 aromatic heterocycles. The monoisotopic (exact) mass is 300 g/mol. The minimum atomic E-state index is 0.0325. The molecule has 1 amide bonds. The quantitative estimate of drug-likeness (QED) is 0.931. The number of benzene rings is 1. The molecule has 6 nitrogen and oxygen atoms in total. The average Bonchev–Trinajstić information content (AvgIpc) is 3.16. The van der Waals surface area contributed by atoms with Crippen molar-refractivity contribution in [1.82, 2.24) is 20.4 Å².